The topological polar surface area (TPSA) is 123 Å². The number of aromatic nitrogens is 2. The number of phenolic OH excluding ortho intramolecular Hbond substituents is 1. The number of fused-ring (bicyclic) bond motifs is 4. The Balaban J connectivity index is 1.18. The Morgan fingerprint density at radius 3 is 2.57 bits per heavy atom. The molecule has 0 radical (unpaired) electrons. The zero-order valence-electron chi connectivity index (χ0n) is 26.4. The SMILES string of the molecule is CN1CCC[C@H]1COc1nc(N2C[C@H]3CC[C@@H](C2)N3S(=O)(=O)N[C@@H]2CCNC2)c2ccc(-c3cc(O)cc4ccccc34)c(F)c2n1. The molecule has 4 aromatic rings. The number of hydrogen-bond acceptors (Lipinski definition) is 9. The van der Waals surface area contributed by atoms with Gasteiger partial charge in [-0.3, -0.25) is 0 Å². The van der Waals surface area contributed by atoms with Crippen LogP contribution in [0, 0.1) is 5.82 Å². The Morgan fingerprint density at radius 1 is 1.02 bits per heavy atom. The molecule has 0 amide bonds. The van der Waals surface area contributed by atoms with Crippen LogP contribution in [0.1, 0.15) is 32.1 Å². The number of halogens is 1. The van der Waals surface area contributed by atoms with Crippen LogP contribution < -0.4 is 19.7 Å². The van der Waals surface area contributed by atoms with Crippen molar-refractivity contribution in [1.82, 2.24) is 29.2 Å². The summed E-state index contributed by atoms with van der Waals surface area (Å²) in [5, 5.41) is 15.9. The van der Waals surface area contributed by atoms with E-state index >= 15 is 4.39 Å². The van der Waals surface area contributed by atoms with E-state index in [4.69, 9.17) is 9.72 Å². The van der Waals surface area contributed by atoms with Gasteiger partial charge in [0.05, 0.1) is 0 Å². The number of nitrogens with one attached hydrogen (secondary N) is 2. The Bertz CT molecular complexity index is 1930. The Labute approximate surface area is 273 Å². The van der Waals surface area contributed by atoms with Crippen LogP contribution in [0.2, 0.25) is 0 Å². The maximum Gasteiger partial charge on any atom is 0.319 e. The van der Waals surface area contributed by atoms with Crippen molar-refractivity contribution in [3.8, 4) is 22.9 Å². The van der Waals surface area contributed by atoms with Gasteiger partial charge in [-0.2, -0.15) is 27.4 Å². The predicted molar refractivity (Wildman–Crippen MR) is 179 cm³/mol. The van der Waals surface area contributed by atoms with Gasteiger partial charge in [-0.25, -0.2) is 4.39 Å². The van der Waals surface area contributed by atoms with Crippen molar-refractivity contribution in [2.45, 2.75) is 56.3 Å². The molecular weight excluding hydrogens is 621 g/mol. The second kappa shape index (κ2) is 12.1. The number of phenols is 1. The molecule has 3 N–H and O–H groups in total. The highest BCUT2D eigenvalue weighted by Gasteiger charge is 2.47. The third-order valence-electron chi connectivity index (χ3n) is 10.3. The third-order valence-corrected chi connectivity index (χ3v) is 12.1. The highest BCUT2D eigenvalue weighted by Crippen LogP contribution is 2.40. The van der Waals surface area contributed by atoms with Crippen LogP contribution >= 0.6 is 0 Å². The first-order valence-electron chi connectivity index (χ1n) is 16.6. The molecule has 8 rings (SSSR count). The number of likely N-dealkylation sites (tertiary alicyclic amines) is 1. The molecule has 4 aliphatic heterocycles. The Morgan fingerprint density at radius 2 is 1.83 bits per heavy atom. The van der Waals surface area contributed by atoms with Gasteiger partial charge in [-0.15, -0.1) is 0 Å². The summed E-state index contributed by atoms with van der Waals surface area (Å²) < 4.78 is 54.6. The molecule has 0 saturated carbocycles. The van der Waals surface area contributed by atoms with Crippen molar-refractivity contribution < 1.29 is 22.7 Å². The molecule has 248 valence electrons. The van der Waals surface area contributed by atoms with E-state index in [1.54, 1.807) is 22.5 Å². The van der Waals surface area contributed by atoms with Gasteiger partial charge < -0.3 is 25.0 Å². The number of ether oxygens (including phenoxy) is 1. The number of likely N-dealkylation sites (N-methyl/N-ethyl adjacent to an activating group) is 1. The van der Waals surface area contributed by atoms with Crippen molar-refractivity contribution in [1.29, 1.82) is 0 Å². The number of anilines is 1. The molecule has 4 aliphatic rings. The average Bonchev–Trinajstić information content (AvgIpc) is 3.79. The normalized spacial score (nSPS) is 25.4. The lowest BCUT2D eigenvalue weighted by atomic mass is 9.96. The summed E-state index contributed by atoms with van der Waals surface area (Å²) in [6.07, 6.45) is 4.35. The van der Waals surface area contributed by atoms with E-state index in [-0.39, 0.29) is 41.4 Å². The molecule has 13 heteroatoms. The molecule has 0 aliphatic carbocycles. The number of piperazine rings is 1. The lowest BCUT2D eigenvalue weighted by molar-refractivity contribution is 0.188. The maximum absolute atomic E-state index is 16.8. The number of nitrogens with zero attached hydrogens (tertiary/aromatic N) is 5. The molecule has 47 heavy (non-hydrogen) atoms. The fourth-order valence-corrected chi connectivity index (χ4v) is 9.85. The van der Waals surface area contributed by atoms with E-state index in [0.717, 1.165) is 56.0 Å². The molecule has 0 spiro atoms. The van der Waals surface area contributed by atoms with Gasteiger partial charge in [0.2, 0.25) is 0 Å². The quantitative estimate of drug-likeness (QED) is 0.260. The van der Waals surface area contributed by atoms with E-state index in [1.807, 2.05) is 30.3 Å². The summed E-state index contributed by atoms with van der Waals surface area (Å²) in [5.74, 6) is 0.0643. The molecule has 4 saturated heterocycles. The summed E-state index contributed by atoms with van der Waals surface area (Å²) in [7, 11) is -1.60. The molecule has 4 atom stereocenters. The molecule has 3 aromatic carbocycles. The molecule has 1 aromatic heterocycles. The van der Waals surface area contributed by atoms with E-state index in [0.29, 0.717) is 48.6 Å². The second-order valence-corrected chi connectivity index (χ2v) is 15.0. The largest absolute Gasteiger partial charge is 0.508 e. The first kappa shape index (κ1) is 30.7. The third kappa shape index (κ3) is 5.67. The first-order valence-corrected chi connectivity index (χ1v) is 18.0. The zero-order valence-corrected chi connectivity index (χ0v) is 27.2. The summed E-state index contributed by atoms with van der Waals surface area (Å²) in [5.41, 5.74) is 1.02. The van der Waals surface area contributed by atoms with Crippen molar-refractivity contribution in [2.75, 3.05) is 51.3 Å². The van der Waals surface area contributed by atoms with Crippen LogP contribution in [-0.4, -0.2) is 103 Å². The van der Waals surface area contributed by atoms with Gasteiger partial charge >= 0.3 is 6.01 Å². The van der Waals surface area contributed by atoms with Crippen LogP contribution in [0.15, 0.2) is 48.5 Å². The smallest absolute Gasteiger partial charge is 0.319 e. The number of benzene rings is 3. The number of hydrogen-bond donors (Lipinski definition) is 3. The van der Waals surface area contributed by atoms with Crippen LogP contribution in [0.5, 0.6) is 11.8 Å². The van der Waals surface area contributed by atoms with Crippen molar-refractivity contribution in [3.05, 3.63) is 54.3 Å². The van der Waals surface area contributed by atoms with E-state index in [2.05, 4.69) is 31.9 Å². The number of rotatable bonds is 8. The van der Waals surface area contributed by atoms with E-state index in [9.17, 15) is 13.5 Å². The highest BCUT2D eigenvalue weighted by molar-refractivity contribution is 7.87. The summed E-state index contributed by atoms with van der Waals surface area (Å²) in [6.45, 7) is 3.67. The molecule has 11 nitrogen and oxygen atoms in total. The maximum atomic E-state index is 16.8. The molecule has 5 heterocycles. The second-order valence-electron chi connectivity index (χ2n) is 13.4. The average molecular weight is 662 g/mol. The van der Waals surface area contributed by atoms with Gasteiger partial charge in [-0.05, 0) is 86.8 Å². The minimum absolute atomic E-state index is 0.0493. The summed E-state index contributed by atoms with van der Waals surface area (Å²) in [4.78, 5) is 13.8. The van der Waals surface area contributed by atoms with E-state index in [1.165, 1.54) is 0 Å². The molecule has 0 unspecified atom stereocenters. The predicted octanol–water partition coefficient (Wildman–Crippen LogP) is 3.62. The number of aromatic hydroxyl groups is 1. The monoisotopic (exact) mass is 661 g/mol. The van der Waals surface area contributed by atoms with Crippen molar-refractivity contribution >= 4 is 37.7 Å². The van der Waals surface area contributed by atoms with Crippen LogP contribution in [-0.2, 0) is 10.2 Å². The first-order chi connectivity index (χ1) is 22.7. The van der Waals surface area contributed by atoms with Gasteiger partial charge in [0.1, 0.15) is 23.7 Å². The fraction of sp³-hybridized carbons (Fsp3) is 0.471. The van der Waals surface area contributed by atoms with Crippen molar-refractivity contribution in [2.24, 2.45) is 0 Å². The summed E-state index contributed by atoms with van der Waals surface area (Å²) in [6, 6.07) is 14.1. The van der Waals surface area contributed by atoms with Gasteiger partial charge in [0.15, 0.2) is 5.82 Å². The molecular formula is C34H40FN7O4S. The minimum Gasteiger partial charge on any atom is -0.508 e. The summed E-state index contributed by atoms with van der Waals surface area (Å²) >= 11 is 0. The van der Waals surface area contributed by atoms with Crippen LogP contribution in [0.3, 0.4) is 0 Å². The van der Waals surface area contributed by atoms with Crippen LogP contribution in [0.25, 0.3) is 32.8 Å². The Hall–Kier alpha value is -3.62. The zero-order chi connectivity index (χ0) is 32.3. The lowest BCUT2D eigenvalue weighted by Crippen LogP contribution is -2.59. The standard InChI is InChI=1S/C34H40FN7O4S/c1-40-14-4-6-25(40)20-46-34-37-32-29(11-10-28(31(32)35)30-16-26(43)15-21-5-2-3-7-27(21)30)33(38-34)41-18-23-8-9-24(19-41)42(23)47(44,45)39-22-12-13-36-17-22/h2-3,5,7,10-11,15-16,22-25,36,39,43H,4,6,8-9,12-14,17-20H2,1H3/t22-,23-,24+,25+/m1/s1. The van der Waals surface area contributed by atoms with Gasteiger partial charge in [0, 0.05) is 54.8 Å². The van der Waals surface area contributed by atoms with Crippen molar-refractivity contribution in [3.63, 3.8) is 0 Å². The molecule has 4 fully saturated rings. The minimum atomic E-state index is -3.67. The van der Waals surface area contributed by atoms with Crippen LogP contribution in [0.4, 0.5) is 10.2 Å². The van der Waals surface area contributed by atoms with E-state index < -0.39 is 16.0 Å². The fourth-order valence-electron chi connectivity index (χ4n) is 7.97. The molecule has 2 bridgehead atoms. The van der Waals surface area contributed by atoms with Gasteiger partial charge in [-0.1, -0.05) is 30.3 Å². The van der Waals surface area contributed by atoms with Gasteiger partial charge in [0.25, 0.3) is 10.2 Å². The lowest BCUT2D eigenvalue weighted by Gasteiger charge is -2.41. The highest BCUT2D eigenvalue weighted by atomic mass is 32.2. The Kier molecular flexibility index (Phi) is 7.92.